The number of nitrogens with zero attached hydrogens (tertiary/aromatic N) is 1. The van der Waals surface area contributed by atoms with E-state index in [0.29, 0.717) is 23.4 Å². The highest BCUT2D eigenvalue weighted by molar-refractivity contribution is 6.02. The number of aromatic amines is 2. The molecule has 0 spiro atoms. The summed E-state index contributed by atoms with van der Waals surface area (Å²) < 4.78 is 5.37. The number of carbonyl (C=O) groups is 2. The fourth-order valence-corrected chi connectivity index (χ4v) is 4.46. The van der Waals surface area contributed by atoms with Gasteiger partial charge < -0.3 is 20.0 Å². The normalized spacial score (nSPS) is 12.9. The SMILES string of the molecule is COc1cccc2[nH]c(C(=O)CC(CC(C)C)C(=O)NC(C#N)c3cc4ccccc4[nH]c3=O)cc12. The summed E-state index contributed by atoms with van der Waals surface area (Å²) in [6.45, 7) is 3.93. The Morgan fingerprint density at radius 3 is 2.53 bits per heavy atom. The van der Waals surface area contributed by atoms with E-state index in [1.807, 2.05) is 50.2 Å². The van der Waals surface area contributed by atoms with Gasteiger partial charge in [-0.2, -0.15) is 5.26 Å². The number of nitriles is 1. The van der Waals surface area contributed by atoms with Crippen molar-refractivity contribution in [2.45, 2.75) is 32.7 Å². The number of hydrogen-bond donors (Lipinski definition) is 3. The first-order valence-corrected chi connectivity index (χ1v) is 11.8. The van der Waals surface area contributed by atoms with Gasteiger partial charge in [0.05, 0.1) is 24.4 Å². The number of rotatable bonds is 9. The molecule has 0 saturated heterocycles. The maximum Gasteiger partial charge on any atom is 0.254 e. The Kier molecular flexibility index (Phi) is 7.20. The minimum absolute atomic E-state index is 0.0363. The number of benzene rings is 2. The predicted molar refractivity (Wildman–Crippen MR) is 138 cm³/mol. The van der Waals surface area contributed by atoms with Crippen LogP contribution in [0.2, 0.25) is 0 Å². The van der Waals surface area contributed by atoms with E-state index in [-0.39, 0.29) is 23.7 Å². The molecular weight excluding hydrogens is 456 g/mol. The highest BCUT2D eigenvalue weighted by atomic mass is 16.5. The summed E-state index contributed by atoms with van der Waals surface area (Å²) >= 11 is 0. The summed E-state index contributed by atoms with van der Waals surface area (Å²) in [5, 5.41) is 14.0. The van der Waals surface area contributed by atoms with Gasteiger partial charge in [-0.15, -0.1) is 0 Å². The van der Waals surface area contributed by atoms with Crippen LogP contribution >= 0.6 is 0 Å². The standard InChI is InChI=1S/C28H28N4O4/c1-16(2)11-18(13-25(33)23-14-19-22(30-23)9-6-10-26(19)36-3)27(34)32-24(15-29)20-12-17-7-4-5-8-21(17)31-28(20)35/h4-10,12,14,16,18,24,30H,11,13H2,1-3H3,(H,31,35)(H,32,34). The molecule has 4 aromatic rings. The fourth-order valence-electron chi connectivity index (χ4n) is 4.46. The molecule has 0 radical (unpaired) electrons. The van der Waals surface area contributed by atoms with Crippen LogP contribution in [0.25, 0.3) is 21.8 Å². The molecule has 36 heavy (non-hydrogen) atoms. The summed E-state index contributed by atoms with van der Waals surface area (Å²) in [6, 6.07) is 16.9. The second-order valence-corrected chi connectivity index (χ2v) is 9.27. The molecule has 0 aliphatic heterocycles. The van der Waals surface area contributed by atoms with Gasteiger partial charge in [0.25, 0.3) is 5.56 Å². The maximum atomic E-state index is 13.3. The second-order valence-electron chi connectivity index (χ2n) is 9.27. The van der Waals surface area contributed by atoms with Crippen molar-refractivity contribution in [1.82, 2.24) is 15.3 Å². The number of aromatic nitrogens is 2. The van der Waals surface area contributed by atoms with Crippen molar-refractivity contribution in [2.75, 3.05) is 7.11 Å². The van der Waals surface area contributed by atoms with Gasteiger partial charge in [0.15, 0.2) is 5.78 Å². The van der Waals surface area contributed by atoms with Gasteiger partial charge in [0.1, 0.15) is 11.8 Å². The van der Waals surface area contributed by atoms with E-state index in [2.05, 4.69) is 15.3 Å². The number of H-pyrrole nitrogens is 2. The van der Waals surface area contributed by atoms with Crippen molar-refractivity contribution in [3.05, 3.63) is 76.2 Å². The zero-order valence-electron chi connectivity index (χ0n) is 20.4. The molecule has 0 fully saturated rings. The average Bonchev–Trinajstić information content (AvgIpc) is 3.31. The minimum atomic E-state index is -1.15. The van der Waals surface area contributed by atoms with Crippen LogP contribution in [0.3, 0.4) is 0 Å². The third kappa shape index (κ3) is 5.15. The van der Waals surface area contributed by atoms with Crippen LogP contribution in [0.5, 0.6) is 5.75 Å². The highest BCUT2D eigenvalue weighted by Gasteiger charge is 2.28. The van der Waals surface area contributed by atoms with Gasteiger partial charge in [-0.05, 0) is 48.1 Å². The van der Waals surface area contributed by atoms with Crippen LogP contribution in [-0.4, -0.2) is 28.8 Å². The number of amides is 1. The summed E-state index contributed by atoms with van der Waals surface area (Å²) in [6.07, 6.45) is 0.415. The smallest absolute Gasteiger partial charge is 0.254 e. The first kappa shape index (κ1) is 24.7. The van der Waals surface area contributed by atoms with E-state index in [1.54, 1.807) is 31.4 Å². The Bertz CT molecular complexity index is 1530. The number of ketones is 1. The molecule has 3 N–H and O–H groups in total. The molecule has 4 rings (SSSR count). The summed E-state index contributed by atoms with van der Waals surface area (Å²) in [4.78, 5) is 44.9. The number of ether oxygens (including phenoxy) is 1. The third-order valence-corrected chi connectivity index (χ3v) is 6.21. The first-order chi connectivity index (χ1) is 17.3. The van der Waals surface area contributed by atoms with E-state index in [9.17, 15) is 19.6 Å². The molecule has 2 aromatic carbocycles. The molecule has 2 atom stereocenters. The Balaban J connectivity index is 1.57. The molecule has 8 heteroatoms. The zero-order valence-corrected chi connectivity index (χ0v) is 20.4. The number of nitrogens with one attached hydrogen (secondary N) is 3. The minimum Gasteiger partial charge on any atom is -0.496 e. The summed E-state index contributed by atoms with van der Waals surface area (Å²) in [5.74, 6) is -0.533. The van der Waals surface area contributed by atoms with Gasteiger partial charge in [-0.25, -0.2) is 0 Å². The van der Waals surface area contributed by atoms with Crippen LogP contribution in [0.15, 0.2) is 59.4 Å². The van der Waals surface area contributed by atoms with Crippen molar-refractivity contribution < 1.29 is 14.3 Å². The summed E-state index contributed by atoms with van der Waals surface area (Å²) in [5.41, 5.74) is 1.51. The lowest BCUT2D eigenvalue weighted by Gasteiger charge is -2.20. The monoisotopic (exact) mass is 484 g/mol. The Hall–Kier alpha value is -4.38. The number of hydrogen-bond acceptors (Lipinski definition) is 5. The number of carbonyl (C=O) groups excluding carboxylic acids is 2. The summed E-state index contributed by atoms with van der Waals surface area (Å²) in [7, 11) is 1.57. The Morgan fingerprint density at radius 2 is 1.81 bits per heavy atom. The molecule has 184 valence electrons. The van der Waals surface area contributed by atoms with Gasteiger partial charge in [-0.3, -0.25) is 14.4 Å². The van der Waals surface area contributed by atoms with Crippen LogP contribution in [0, 0.1) is 23.2 Å². The second kappa shape index (κ2) is 10.5. The average molecular weight is 485 g/mol. The number of Topliss-reactive ketones (excluding diaryl/α,β-unsaturated/α-hetero) is 1. The van der Waals surface area contributed by atoms with Crippen LogP contribution < -0.4 is 15.6 Å². The highest BCUT2D eigenvalue weighted by Crippen LogP contribution is 2.28. The van der Waals surface area contributed by atoms with E-state index in [1.165, 1.54) is 0 Å². The predicted octanol–water partition coefficient (Wildman–Crippen LogP) is 4.63. The molecule has 0 aliphatic carbocycles. The molecule has 0 saturated carbocycles. The van der Waals surface area contributed by atoms with Crippen LogP contribution in [0.1, 0.15) is 48.8 Å². The van der Waals surface area contributed by atoms with Crippen molar-refractivity contribution in [3.63, 3.8) is 0 Å². The number of methoxy groups -OCH3 is 1. The lowest BCUT2D eigenvalue weighted by atomic mass is 9.90. The Morgan fingerprint density at radius 1 is 1.06 bits per heavy atom. The van der Waals surface area contributed by atoms with Crippen LogP contribution in [-0.2, 0) is 4.79 Å². The molecule has 2 heterocycles. The number of pyridine rings is 1. The van der Waals surface area contributed by atoms with Crippen LogP contribution in [0.4, 0.5) is 0 Å². The van der Waals surface area contributed by atoms with Crippen molar-refractivity contribution in [1.29, 1.82) is 5.26 Å². The first-order valence-electron chi connectivity index (χ1n) is 11.8. The van der Waals surface area contributed by atoms with Gasteiger partial charge in [0, 0.05) is 28.8 Å². The van der Waals surface area contributed by atoms with E-state index in [0.717, 1.165) is 16.3 Å². The molecule has 0 aliphatic rings. The largest absolute Gasteiger partial charge is 0.496 e. The maximum absolute atomic E-state index is 13.3. The lowest BCUT2D eigenvalue weighted by Crippen LogP contribution is -2.37. The van der Waals surface area contributed by atoms with E-state index < -0.39 is 23.4 Å². The lowest BCUT2D eigenvalue weighted by molar-refractivity contribution is -0.125. The van der Waals surface area contributed by atoms with Crippen molar-refractivity contribution >= 4 is 33.5 Å². The number of para-hydroxylation sites is 1. The van der Waals surface area contributed by atoms with E-state index >= 15 is 0 Å². The fraction of sp³-hybridized carbons (Fsp3) is 0.286. The molecule has 0 bridgehead atoms. The van der Waals surface area contributed by atoms with Gasteiger partial charge in [0.2, 0.25) is 5.91 Å². The molecule has 2 unspecified atom stereocenters. The number of fused-ring (bicyclic) bond motifs is 2. The van der Waals surface area contributed by atoms with Gasteiger partial charge in [-0.1, -0.05) is 38.1 Å². The van der Waals surface area contributed by atoms with Crippen molar-refractivity contribution in [2.24, 2.45) is 11.8 Å². The Labute approximate surface area is 208 Å². The molecule has 1 amide bonds. The quantitative estimate of drug-likeness (QED) is 0.298. The molecular formula is C28H28N4O4. The van der Waals surface area contributed by atoms with Gasteiger partial charge >= 0.3 is 0 Å². The zero-order chi connectivity index (χ0) is 25.8. The van der Waals surface area contributed by atoms with Crippen molar-refractivity contribution in [3.8, 4) is 11.8 Å². The third-order valence-electron chi connectivity index (χ3n) is 6.21. The van der Waals surface area contributed by atoms with E-state index in [4.69, 9.17) is 4.74 Å². The topological polar surface area (TPSA) is 128 Å². The molecule has 2 aromatic heterocycles. The molecule has 8 nitrogen and oxygen atoms in total.